The van der Waals surface area contributed by atoms with Crippen LogP contribution in [-0.4, -0.2) is 39.4 Å². The number of carbonyl (C=O) groups is 1. The Morgan fingerprint density at radius 1 is 1.42 bits per heavy atom. The van der Waals surface area contributed by atoms with Crippen molar-refractivity contribution < 1.29 is 19.0 Å². The summed E-state index contributed by atoms with van der Waals surface area (Å²) < 4.78 is 18.0. The van der Waals surface area contributed by atoms with Gasteiger partial charge >= 0.3 is 6.09 Å². The lowest BCUT2D eigenvalue weighted by Crippen LogP contribution is -2.28. The molecule has 1 unspecified atom stereocenters. The number of nitrogens with zero attached hydrogens (tertiary/aromatic N) is 3. The van der Waals surface area contributed by atoms with Gasteiger partial charge in [0.2, 0.25) is 0 Å². The van der Waals surface area contributed by atoms with Gasteiger partial charge in [0.25, 0.3) is 0 Å². The zero-order valence-electron chi connectivity index (χ0n) is 14.3. The molecule has 1 fully saturated rings. The normalized spacial score (nSPS) is 18.7. The van der Waals surface area contributed by atoms with Crippen LogP contribution in [0.3, 0.4) is 0 Å². The number of hydrogen-bond acceptors (Lipinski definition) is 6. The summed E-state index contributed by atoms with van der Waals surface area (Å²) in [4.78, 5) is 16.6. The highest BCUT2D eigenvalue weighted by Crippen LogP contribution is 2.21. The topological polar surface area (TPSA) is 75.5 Å². The third-order valence-corrected chi connectivity index (χ3v) is 3.63. The van der Waals surface area contributed by atoms with E-state index >= 15 is 0 Å². The highest BCUT2D eigenvalue weighted by atomic mass is 16.7. The lowest BCUT2D eigenvalue weighted by Gasteiger charge is -2.22. The summed E-state index contributed by atoms with van der Waals surface area (Å²) in [5.41, 5.74) is 0.518. The smallest absolute Gasteiger partial charge is 0.437 e. The standard InChI is InChI=1S/C17H23N3O4/c1-17(2,3)24-16(21)20-15-12(7-6-9-18-15)13(19-20)11-23-14-8-4-5-10-22-14/h6-7,9,14H,4-5,8,10-11H2,1-3H3. The monoisotopic (exact) mass is 333 g/mol. The Labute approximate surface area is 140 Å². The number of rotatable bonds is 3. The molecule has 0 aromatic carbocycles. The van der Waals surface area contributed by atoms with Gasteiger partial charge < -0.3 is 14.2 Å². The molecule has 0 aliphatic carbocycles. The van der Waals surface area contributed by atoms with Gasteiger partial charge in [0.15, 0.2) is 11.9 Å². The fourth-order valence-electron chi connectivity index (χ4n) is 2.57. The van der Waals surface area contributed by atoms with Crippen LogP contribution < -0.4 is 0 Å². The predicted octanol–water partition coefficient (Wildman–Crippen LogP) is 3.26. The molecule has 0 N–H and O–H groups in total. The number of hydrogen-bond donors (Lipinski definition) is 0. The van der Waals surface area contributed by atoms with Crippen molar-refractivity contribution in [3.63, 3.8) is 0 Å². The van der Waals surface area contributed by atoms with Crippen molar-refractivity contribution in [1.82, 2.24) is 14.8 Å². The average molecular weight is 333 g/mol. The fourth-order valence-corrected chi connectivity index (χ4v) is 2.57. The second kappa shape index (κ2) is 6.86. The summed E-state index contributed by atoms with van der Waals surface area (Å²) in [5.74, 6) is 0. The van der Waals surface area contributed by atoms with Crippen LogP contribution in [0.4, 0.5) is 4.79 Å². The maximum atomic E-state index is 12.4. The van der Waals surface area contributed by atoms with E-state index < -0.39 is 11.7 Å². The van der Waals surface area contributed by atoms with E-state index in [2.05, 4.69) is 10.1 Å². The van der Waals surface area contributed by atoms with Crippen molar-refractivity contribution in [2.45, 2.75) is 58.5 Å². The second-order valence-corrected chi connectivity index (χ2v) is 6.82. The summed E-state index contributed by atoms with van der Waals surface area (Å²) in [6.45, 7) is 6.43. The minimum absolute atomic E-state index is 0.211. The molecule has 130 valence electrons. The molecule has 0 amide bonds. The van der Waals surface area contributed by atoms with Crippen LogP contribution in [0.25, 0.3) is 11.0 Å². The van der Waals surface area contributed by atoms with Gasteiger partial charge in [-0.1, -0.05) is 0 Å². The Morgan fingerprint density at radius 2 is 2.25 bits per heavy atom. The Kier molecular flexibility index (Phi) is 4.82. The molecule has 0 saturated carbocycles. The predicted molar refractivity (Wildman–Crippen MR) is 87.5 cm³/mol. The molecule has 3 heterocycles. The molecule has 1 atom stereocenters. The van der Waals surface area contributed by atoms with Gasteiger partial charge in [0.05, 0.1) is 12.3 Å². The van der Waals surface area contributed by atoms with Gasteiger partial charge in [0, 0.05) is 18.2 Å². The van der Waals surface area contributed by atoms with Crippen molar-refractivity contribution >= 4 is 17.1 Å². The van der Waals surface area contributed by atoms with Gasteiger partial charge in [-0.2, -0.15) is 5.10 Å². The van der Waals surface area contributed by atoms with E-state index in [0.29, 0.717) is 11.3 Å². The van der Waals surface area contributed by atoms with Gasteiger partial charge in [-0.15, -0.1) is 4.68 Å². The number of fused-ring (bicyclic) bond motifs is 1. The minimum Gasteiger partial charge on any atom is -0.442 e. The van der Waals surface area contributed by atoms with Crippen molar-refractivity contribution in [2.24, 2.45) is 0 Å². The summed E-state index contributed by atoms with van der Waals surface area (Å²) in [6, 6.07) is 3.68. The Balaban J connectivity index is 1.82. The minimum atomic E-state index is -0.600. The molecule has 24 heavy (non-hydrogen) atoms. The van der Waals surface area contributed by atoms with Crippen LogP contribution in [0.15, 0.2) is 18.3 Å². The third-order valence-electron chi connectivity index (χ3n) is 3.63. The maximum Gasteiger partial charge on any atom is 0.437 e. The Bertz CT molecular complexity index is 714. The molecule has 2 aromatic heterocycles. The van der Waals surface area contributed by atoms with E-state index in [-0.39, 0.29) is 12.9 Å². The molecule has 0 radical (unpaired) electrons. The van der Waals surface area contributed by atoms with Crippen molar-refractivity contribution in [1.29, 1.82) is 0 Å². The molecule has 1 aliphatic heterocycles. The summed E-state index contributed by atoms with van der Waals surface area (Å²) in [6.07, 6.45) is 3.91. The zero-order chi connectivity index (χ0) is 17.2. The Morgan fingerprint density at radius 3 is 2.96 bits per heavy atom. The lowest BCUT2D eigenvalue weighted by atomic mass is 10.2. The highest BCUT2D eigenvalue weighted by Gasteiger charge is 2.23. The SMILES string of the molecule is CC(C)(C)OC(=O)n1nc(COC2CCCCO2)c2cccnc21. The van der Waals surface area contributed by atoms with Crippen molar-refractivity contribution in [2.75, 3.05) is 6.61 Å². The maximum absolute atomic E-state index is 12.4. The lowest BCUT2D eigenvalue weighted by molar-refractivity contribution is -0.169. The van der Waals surface area contributed by atoms with Gasteiger partial charge in [0.1, 0.15) is 5.60 Å². The average Bonchev–Trinajstić information content (AvgIpc) is 2.91. The van der Waals surface area contributed by atoms with Crippen molar-refractivity contribution in [3.8, 4) is 0 Å². The van der Waals surface area contributed by atoms with Crippen molar-refractivity contribution in [3.05, 3.63) is 24.0 Å². The number of ether oxygens (including phenoxy) is 3. The molecule has 7 nitrogen and oxygen atoms in total. The van der Waals surface area contributed by atoms with E-state index in [1.807, 2.05) is 32.9 Å². The van der Waals surface area contributed by atoms with Gasteiger partial charge in [-0.25, -0.2) is 9.78 Å². The van der Waals surface area contributed by atoms with Crippen LogP contribution >= 0.6 is 0 Å². The first kappa shape index (κ1) is 16.9. The third kappa shape index (κ3) is 3.91. The van der Waals surface area contributed by atoms with Crippen LogP contribution in [0.2, 0.25) is 0 Å². The van der Waals surface area contributed by atoms with Crippen LogP contribution in [-0.2, 0) is 20.8 Å². The molecular formula is C17H23N3O4. The van der Waals surface area contributed by atoms with Crippen LogP contribution in [0, 0.1) is 0 Å². The molecule has 0 spiro atoms. The largest absolute Gasteiger partial charge is 0.442 e. The zero-order valence-corrected chi connectivity index (χ0v) is 14.3. The number of aromatic nitrogens is 3. The summed E-state index contributed by atoms with van der Waals surface area (Å²) in [7, 11) is 0. The number of carbonyl (C=O) groups excluding carboxylic acids is 1. The van der Waals surface area contributed by atoms with E-state index in [0.717, 1.165) is 31.3 Å². The molecule has 3 rings (SSSR count). The van der Waals surface area contributed by atoms with E-state index in [4.69, 9.17) is 14.2 Å². The summed E-state index contributed by atoms with van der Waals surface area (Å²) in [5, 5.41) is 5.13. The molecule has 2 aromatic rings. The molecule has 7 heteroatoms. The first-order valence-corrected chi connectivity index (χ1v) is 8.23. The van der Waals surface area contributed by atoms with E-state index in [1.165, 1.54) is 4.68 Å². The molecule has 1 saturated heterocycles. The van der Waals surface area contributed by atoms with E-state index in [9.17, 15) is 4.79 Å². The second-order valence-electron chi connectivity index (χ2n) is 6.82. The molecule has 1 aliphatic rings. The first-order chi connectivity index (χ1) is 11.4. The van der Waals surface area contributed by atoms with Gasteiger partial charge in [-0.05, 0) is 52.2 Å². The fraction of sp³-hybridized carbons (Fsp3) is 0.588. The summed E-state index contributed by atoms with van der Waals surface area (Å²) >= 11 is 0. The van der Waals surface area contributed by atoms with E-state index in [1.54, 1.807) is 6.20 Å². The first-order valence-electron chi connectivity index (χ1n) is 8.23. The molecular weight excluding hydrogens is 310 g/mol. The van der Waals surface area contributed by atoms with Gasteiger partial charge in [-0.3, -0.25) is 0 Å². The quantitative estimate of drug-likeness (QED) is 0.858. The highest BCUT2D eigenvalue weighted by molar-refractivity contribution is 5.86. The van der Waals surface area contributed by atoms with Crippen LogP contribution in [0.1, 0.15) is 45.7 Å². The molecule has 0 bridgehead atoms. The van der Waals surface area contributed by atoms with Crippen LogP contribution in [0.5, 0.6) is 0 Å². The number of pyridine rings is 1. The Hall–Kier alpha value is -1.99.